The van der Waals surface area contributed by atoms with Gasteiger partial charge in [0.05, 0.1) is 13.5 Å². The van der Waals surface area contributed by atoms with E-state index >= 15 is 0 Å². The lowest BCUT2D eigenvalue weighted by atomic mass is 10.4. The molecule has 0 radical (unpaired) electrons. The Morgan fingerprint density at radius 1 is 1.38 bits per heavy atom. The second-order valence-electron chi connectivity index (χ2n) is 3.17. The molecule has 0 bridgehead atoms. The van der Waals surface area contributed by atoms with Crippen molar-refractivity contribution in [2.24, 2.45) is 0 Å². The van der Waals surface area contributed by atoms with E-state index in [1.807, 2.05) is 0 Å². The normalized spacial score (nSPS) is 11.3. The van der Waals surface area contributed by atoms with Gasteiger partial charge in [-0.1, -0.05) is 0 Å². The van der Waals surface area contributed by atoms with Gasteiger partial charge in [-0.05, 0) is 6.92 Å². The molecule has 1 aromatic heterocycles. The number of anilines is 1. The van der Waals surface area contributed by atoms with Crippen molar-refractivity contribution < 1.29 is 17.9 Å². The maximum Gasteiger partial charge on any atom is 0.390 e. The van der Waals surface area contributed by atoms with E-state index in [9.17, 15) is 13.2 Å². The van der Waals surface area contributed by atoms with E-state index in [0.717, 1.165) is 0 Å². The molecule has 0 atom stereocenters. The number of nitrogens with one attached hydrogen (secondary N) is 1. The molecule has 0 aliphatic carbocycles. The smallest absolute Gasteiger partial charge is 0.390 e. The maximum absolute atomic E-state index is 11.9. The molecule has 1 N–H and O–H groups in total. The Morgan fingerprint density at radius 3 is 2.62 bits per heavy atom. The van der Waals surface area contributed by atoms with Crippen molar-refractivity contribution in [2.45, 2.75) is 19.5 Å². The molecule has 7 heteroatoms. The summed E-state index contributed by atoms with van der Waals surface area (Å²) in [5.41, 5.74) is 0.626. The number of ether oxygens (including phenoxy) is 1. The van der Waals surface area contributed by atoms with Gasteiger partial charge in [0.2, 0.25) is 11.8 Å². The Morgan fingerprint density at radius 2 is 2.06 bits per heavy atom. The van der Waals surface area contributed by atoms with Gasteiger partial charge in [-0.25, -0.2) is 4.98 Å². The van der Waals surface area contributed by atoms with Crippen molar-refractivity contribution in [3.8, 4) is 5.88 Å². The van der Waals surface area contributed by atoms with E-state index < -0.39 is 12.6 Å². The number of methoxy groups -OCH3 is 1. The SMILES string of the molecule is COc1cc(C)nc(NCCC(F)(F)F)n1. The fourth-order valence-corrected chi connectivity index (χ4v) is 1.04. The van der Waals surface area contributed by atoms with Gasteiger partial charge in [-0.3, -0.25) is 0 Å². The first-order valence-corrected chi connectivity index (χ1v) is 4.61. The molecule has 0 aromatic carbocycles. The van der Waals surface area contributed by atoms with Gasteiger partial charge in [0.15, 0.2) is 0 Å². The van der Waals surface area contributed by atoms with Gasteiger partial charge in [-0.2, -0.15) is 18.2 Å². The minimum atomic E-state index is -4.18. The van der Waals surface area contributed by atoms with Crippen LogP contribution in [0, 0.1) is 6.92 Å². The van der Waals surface area contributed by atoms with Crippen LogP contribution >= 0.6 is 0 Å². The number of rotatable bonds is 4. The first kappa shape index (κ1) is 12.5. The van der Waals surface area contributed by atoms with Gasteiger partial charge in [0, 0.05) is 18.3 Å². The molecular weight excluding hydrogens is 223 g/mol. The summed E-state index contributed by atoms with van der Waals surface area (Å²) in [5.74, 6) is 0.461. The van der Waals surface area contributed by atoms with Crippen molar-refractivity contribution in [1.82, 2.24) is 9.97 Å². The molecule has 1 rings (SSSR count). The molecule has 0 spiro atoms. The zero-order valence-electron chi connectivity index (χ0n) is 8.93. The standard InChI is InChI=1S/C9H12F3N3O/c1-6-5-7(16-2)15-8(14-6)13-4-3-9(10,11)12/h5H,3-4H2,1-2H3,(H,13,14,15). The summed E-state index contributed by atoms with van der Waals surface area (Å²) in [5, 5.41) is 2.49. The van der Waals surface area contributed by atoms with Crippen LogP contribution in [0.3, 0.4) is 0 Å². The third-order valence-corrected chi connectivity index (χ3v) is 1.73. The fourth-order valence-electron chi connectivity index (χ4n) is 1.04. The lowest BCUT2D eigenvalue weighted by molar-refractivity contribution is -0.131. The van der Waals surface area contributed by atoms with Gasteiger partial charge < -0.3 is 10.1 Å². The van der Waals surface area contributed by atoms with Crippen LogP contribution in [-0.4, -0.2) is 29.8 Å². The molecule has 0 saturated carbocycles. The molecule has 1 heterocycles. The van der Waals surface area contributed by atoms with E-state index in [4.69, 9.17) is 4.74 Å². The highest BCUT2D eigenvalue weighted by molar-refractivity contribution is 5.30. The van der Waals surface area contributed by atoms with Crippen molar-refractivity contribution in [1.29, 1.82) is 0 Å². The molecular formula is C9H12F3N3O. The number of hydrogen-bond donors (Lipinski definition) is 1. The number of nitrogens with zero attached hydrogens (tertiary/aromatic N) is 2. The van der Waals surface area contributed by atoms with Gasteiger partial charge >= 0.3 is 6.18 Å². The first-order valence-electron chi connectivity index (χ1n) is 4.61. The van der Waals surface area contributed by atoms with Crippen LogP contribution < -0.4 is 10.1 Å². The van der Waals surface area contributed by atoms with E-state index in [0.29, 0.717) is 11.6 Å². The van der Waals surface area contributed by atoms with Crippen molar-refractivity contribution in [3.63, 3.8) is 0 Å². The predicted octanol–water partition coefficient (Wildman–Crippen LogP) is 2.16. The molecule has 0 aliphatic rings. The van der Waals surface area contributed by atoms with Gasteiger partial charge in [0.25, 0.3) is 0 Å². The molecule has 0 fully saturated rings. The third-order valence-electron chi connectivity index (χ3n) is 1.73. The summed E-state index contributed by atoms with van der Waals surface area (Å²) >= 11 is 0. The summed E-state index contributed by atoms with van der Waals surface area (Å²) in [4.78, 5) is 7.79. The lowest BCUT2D eigenvalue weighted by Crippen LogP contribution is -2.16. The van der Waals surface area contributed by atoms with Crippen LogP contribution in [0.1, 0.15) is 12.1 Å². The summed E-state index contributed by atoms with van der Waals surface area (Å²) in [6, 6.07) is 1.59. The Balaban J connectivity index is 2.57. The monoisotopic (exact) mass is 235 g/mol. The van der Waals surface area contributed by atoms with Crippen LogP contribution in [0.25, 0.3) is 0 Å². The topological polar surface area (TPSA) is 47.0 Å². The zero-order valence-corrected chi connectivity index (χ0v) is 8.93. The molecule has 1 aromatic rings. The molecule has 0 saturated heterocycles. The largest absolute Gasteiger partial charge is 0.481 e. The highest BCUT2D eigenvalue weighted by Gasteiger charge is 2.26. The van der Waals surface area contributed by atoms with E-state index in [-0.39, 0.29) is 12.5 Å². The van der Waals surface area contributed by atoms with Crippen LogP contribution in [0.4, 0.5) is 19.1 Å². The maximum atomic E-state index is 11.9. The van der Waals surface area contributed by atoms with Crippen LogP contribution in [-0.2, 0) is 0 Å². The minimum absolute atomic E-state index is 0.140. The van der Waals surface area contributed by atoms with Crippen LogP contribution in [0.5, 0.6) is 5.88 Å². The van der Waals surface area contributed by atoms with Crippen LogP contribution in [0.15, 0.2) is 6.07 Å². The van der Waals surface area contributed by atoms with E-state index in [1.165, 1.54) is 7.11 Å². The highest BCUT2D eigenvalue weighted by atomic mass is 19.4. The number of aryl methyl sites for hydroxylation is 1. The summed E-state index contributed by atoms with van der Waals surface area (Å²) in [6.45, 7) is 1.45. The number of aromatic nitrogens is 2. The zero-order chi connectivity index (χ0) is 12.2. The molecule has 0 unspecified atom stereocenters. The Hall–Kier alpha value is -1.53. The van der Waals surface area contributed by atoms with Crippen LogP contribution in [0.2, 0.25) is 0 Å². The van der Waals surface area contributed by atoms with Gasteiger partial charge in [-0.15, -0.1) is 0 Å². The predicted molar refractivity (Wildman–Crippen MR) is 52.5 cm³/mol. The van der Waals surface area contributed by atoms with E-state index in [2.05, 4.69) is 15.3 Å². The Bertz CT molecular complexity index is 354. The van der Waals surface area contributed by atoms with Gasteiger partial charge in [0.1, 0.15) is 0 Å². The number of halogens is 3. The first-order chi connectivity index (χ1) is 7.40. The summed E-state index contributed by atoms with van der Waals surface area (Å²) in [6.07, 6.45) is -5.10. The van der Waals surface area contributed by atoms with Crippen molar-refractivity contribution >= 4 is 5.95 Å². The highest BCUT2D eigenvalue weighted by Crippen LogP contribution is 2.19. The third kappa shape index (κ3) is 4.33. The summed E-state index contributed by atoms with van der Waals surface area (Å²) < 4.78 is 40.5. The average Bonchev–Trinajstić information content (AvgIpc) is 2.14. The van der Waals surface area contributed by atoms with E-state index in [1.54, 1.807) is 13.0 Å². The van der Waals surface area contributed by atoms with Crippen molar-refractivity contribution in [3.05, 3.63) is 11.8 Å². The second kappa shape index (κ2) is 5.00. The summed E-state index contributed by atoms with van der Waals surface area (Å²) in [7, 11) is 1.43. The molecule has 0 amide bonds. The molecule has 0 aliphatic heterocycles. The average molecular weight is 235 g/mol. The fraction of sp³-hybridized carbons (Fsp3) is 0.556. The molecule has 90 valence electrons. The lowest BCUT2D eigenvalue weighted by Gasteiger charge is -2.08. The molecule has 4 nitrogen and oxygen atoms in total. The Kier molecular flexibility index (Phi) is 3.92. The minimum Gasteiger partial charge on any atom is -0.481 e. The molecule has 16 heavy (non-hydrogen) atoms. The second-order valence-corrected chi connectivity index (χ2v) is 3.17. The number of hydrogen-bond acceptors (Lipinski definition) is 4. The van der Waals surface area contributed by atoms with Crippen molar-refractivity contribution in [2.75, 3.05) is 19.0 Å². The number of alkyl halides is 3. The Labute approximate surface area is 90.9 Å². The quantitative estimate of drug-likeness (QED) is 0.868.